The Hall–Kier alpha value is -4.16. The number of nitrogens with zero attached hydrogens (tertiary/aromatic N) is 3. The molecule has 12 heteroatoms. The summed E-state index contributed by atoms with van der Waals surface area (Å²) in [4.78, 5) is 24.9. The molecule has 1 fully saturated rings. The first-order valence-corrected chi connectivity index (χ1v) is 20.5. The fourth-order valence-corrected chi connectivity index (χ4v) is 8.31. The summed E-state index contributed by atoms with van der Waals surface area (Å²) in [5.74, 6) is -4.44. The minimum atomic E-state index is -2.79. The summed E-state index contributed by atoms with van der Waals surface area (Å²) in [7, 11) is 3.30. The molecule has 0 bridgehead atoms. The van der Waals surface area contributed by atoms with Gasteiger partial charge in [-0.3, -0.25) is 9.36 Å². The van der Waals surface area contributed by atoms with E-state index in [0.29, 0.717) is 52.3 Å². The van der Waals surface area contributed by atoms with Crippen LogP contribution in [0.4, 0.5) is 17.6 Å². The average molecular weight is 787 g/mol. The number of benzene rings is 2. The zero-order chi connectivity index (χ0) is 41.5. The van der Waals surface area contributed by atoms with E-state index in [9.17, 15) is 27.5 Å². The number of aliphatic hydroxyl groups is 1. The van der Waals surface area contributed by atoms with E-state index in [-0.39, 0.29) is 61.8 Å². The number of alkyl halides is 2. The first-order valence-electron chi connectivity index (χ1n) is 20.5. The SMILES string of the molecule is CCCCCCC.CCc1ccc(-n2c(C(Cc3cc(F)cc(F)c3)C3=CC3)nc3nc(C4(CCO)CCC(F)(F)CC4)cc(C)c3c2=O)c(C)c1C(=N)[B]NC. The predicted molar refractivity (Wildman–Crippen MR) is 222 cm³/mol. The smallest absolute Gasteiger partial charge is 0.270 e. The van der Waals surface area contributed by atoms with Gasteiger partial charge in [0.15, 0.2) is 5.65 Å². The van der Waals surface area contributed by atoms with Gasteiger partial charge in [-0.1, -0.05) is 70.6 Å². The first kappa shape index (κ1) is 44.0. The van der Waals surface area contributed by atoms with Crippen molar-refractivity contribution >= 4 is 24.1 Å². The second-order valence-electron chi connectivity index (χ2n) is 15.8. The molecule has 57 heavy (non-hydrogen) atoms. The number of allylic oxidation sites excluding steroid dienone is 2. The molecular weight excluding hydrogens is 729 g/mol. The molecule has 2 aliphatic rings. The maximum Gasteiger partial charge on any atom is 0.270 e. The molecule has 2 aromatic heterocycles. The van der Waals surface area contributed by atoms with E-state index in [2.05, 4.69) is 19.1 Å². The number of fused-ring (bicyclic) bond motifs is 1. The Morgan fingerprint density at radius 1 is 0.982 bits per heavy atom. The van der Waals surface area contributed by atoms with Gasteiger partial charge in [0.1, 0.15) is 17.5 Å². The number of pyridine rings is 1. The van der Waals surface area contributed by atoms with E-state index < -0.39 is 34.4 Å². The number of aromatic nitrogens is 3. The maximum atomic E-state index is 14.9. The number of halogens is 4. The van der Waals surface area contributed by atoms with Crippen molar-refractivity contribution in [2.45, 2.75) is 135 Å². The van der Waals surface area contributed by atoms with Crippen LogP contribution in [-0.4, -0.2) is 52.2 Å². The van der Waals surface area contributed by atoms with E-state index >= 15 is 0 Å². The van der Waals surface area contributed by atoms with Crippen molar-refractivity contribution < 1.29 is 22.7 Å². The third kappa shape index (κ3) is 10.1. The van der Waals surface area contributed by atoms with Crippen LogP contribution >= 0.6 is 0 Å². The van der Waals surface area contributed by atoms with Gasteiger partial charge >= 0.3 is 0 Å². The lowest BCUT2D eigenvalue weighted by molar-refractivity contribution is -0.0554. The molecule has 3 N–H and O–H groups in total. The Balaban J connectivity index is 0.000000811. The highest BCUT2D eigenvalue weighted by Gasteiger charge is 2.45. The predicted octanol–water partition coefficient (Wildman–Crippen LogP) is 9.86. The molecule has 7 nitrogen and oxygen atoms in total. The summed E-state index contributed by atoms with van der Waals surface area (Å²) >= 11 is 0. The van der Waals surface area contributed by atoms with Crippen LogP contribution in [0.3, 0.4) is 0 Å². The van der Waals surface area contributed by atoms with Crippen molar-refractivity contribution in [3.8, 4) is 5.69 Å². The number of aryl methyl sites for hydroxylation is 2. The second kappa shape index (κ2) is 19.1. The molecule has 0 spiro atoms. The van der Waals surface area contributed by atoms with Gasteiger partial charge in [0.05, 0.1) is 11.1 Å². The van der Waals surface area contributed by atoms with Crippen LogP contribution in [-0.2, 0) is 18.3 Å². The van der Waals surface area contributed by atoms with Gasteiger partial charge < -0.3 is 15.7 Å². The number of hydrogen-bond acceptors (Lipinski definition) is 6. The van der Waals surface area contributed by atoms with E-state index in [1.165, 1.54) is 44.2 Å². The van der Waals surface area contributed by atoms with Gasteiger partial charge in [0.2, 0.25) is 5.92 Å². The summed E-state index contributed by atoms with van der Waals surface area (Å²) in [5, 5.41) is 22.0. The van der Waals surface area contributed by atoms with Gasteiger partial charge in [-0.05, 0) is 112 Å². The molecule has 6 rings (SSSR count). The summed E-state index contributed by atoms with van der Waals surface area (Å²) in [5.41, 5.74) is 4.45. The number of nitrogens with one attached hydrogen (secondary N) is 2. The lowest BCUT2D eigenvalue weighted by Gasteiger charge is -2.39. The lowest BCUT2D eigenvalue weighted by atomic mass is 9.68. The molecule has 4 aromatic rings. The molecule has 2 aromatic carbocycles. The largest absolute Gasteiger partial charge is 0.396 e. The van der Waals surface area contributed by atoms with Crippen LogP contribution in [0.25, 0.3) is 16.7 Å². The third-order valence-corrected chi connectivity index (χ3v) is 11.6. The standard InChI is InChI=1S/C38H41BF4N5O2.C7H16/c1-5-24-8-9-29(22(3)32(24)33(44)39-45-4)48-35(28(25-6-7-25)19-23-17-26(40)20-27(41)18-23)47-34-31(36(48)50)21(2)16-30(46-34)37(14-15-49)10-12-38(42,43)13-11-37;1-3-5-7-6-4-2/h6,8-9,16-18,20,28,44-45,49H,5,7,10-15,19H2,1-4H3;3-7H2,1-2H3. The topological polar surface area (TPSA) is 104 Å². The van der Waals surface area contributed by atoms with Crippen LogP contribution in [0.1, 0.15) is 137 Å². The molecular formula is C45H57BF4N5O2. The fourth-order valence-electron chi connectivity index (χ4n) is 8.31. The van der Waals surface area contributed by atoms with Crippen molar-refractivity contribution in [2.75, 3.05) is 13.7 Å². The van der Waals surface area contributed by atoms with Gasteiger partial charge in [-0.2, -0.15) is 0 Å². The number of hydrogen-bond donors (Lipinski definition) is 3. The second-order valence-corrected chi connectivity index (χ2v) is 15.8. The number of aliphatic hydroxyl groups excluding tert-OH is 1. The quantitative estimate of drug-likeness (QED) is 0.0345. The summed E-state index contributed by atoms with van der Waals surface area (Å²) in [6.45, 7) is 9.92. The molecule has 0 saturated heterocycles. The Kier molecular flexibility index (Phi) is 14.7. The van der Waals surface area contributed by atoms with Crippen molar-refractivity contribution in [3.05, 3.63) is 109 Å². The van der Waals surface area contributed by atoms with Gasteiger partial charge in [0, 0.05) is 48.2 Å². The molecule has 1 unspecified atom stereocenters. The molecule has 305 valence electrons. The Morgan fingerprint density at radius 2 is 1.63 bits per heavy atom. The van der Waals surface area contributed by atoms with Crippen LogP contribution in [0.2, 0.25) is 0 Å². The van der Waals surface area contributed by atoms with E-state index in [0.717, 1.165) is 17.2 Å². The normalized spacial score (nSPS) is 16.1. The summed E-state index contributed by atoms with van der Waals surface area (Å²) in [6.07, 6.45) is 10.3. The van der Waals surface area contributed by atoms with Crippen molar-refractivity contribution in [2.24, 2.45) is 0 Å². The van der Waals surface area contributed by atoms with Crippen molar-refractivity contribution in [3.63, 3.8) is 0 Å². The lowest BCUT2D eigenvalue weighted by Crippen LogP contribution is -2.38. The Morgan fingerprint density at radius 3 is 2.19 bits per heavy atom. The molecule has 2 aliphatic carbocycles. The third-order valence-electron chi connectivity index (χ3n) is 11.6. The maximum absolute atomic E-state index is 14.9. The van der Waals surface area contributed by atoms with E-state index in [1.54, 1.807) is 32.0 Å². The summed E-state index contributed by atoms with van der Waals surface area (Å²) < 4.78 is 59.0. The molecule has 1 saturated carbocycles. The highest BCUT2D eigenvalue weighted by atomic mass is 19.3. The van der Waals surface area contributed by atoms with Crippen molar-refractivity contribution in [1.82, 2.24) is 19.8 Å². The molecule has 0 aliphatic heterocycles. The fraction of sp³-hybridized carbons (Fsp3) is 0.511. The Labute approximate surface area is 335 Å². The van der Waals surface area contributed by atoms with Crippen LogP contribution in [0.15, 0.2) is 52.8 Å². The highest BCUT2D eigenvalue weighted by Crippen LogP contribution is 2.47. The van der Waals surface area contributed by atoms with Crippen LogP contribution in [0.5, 0.6) is 0 Å². The highest BCUT2D eigenvalue weighted by molar-refractivity contribution is 6.76. The monoisotopic (exact) mass is 786 g/mol. The van der Waals surface area contributed by atoms with E-state index in [1.807, 2.05) is 32.1 Å². The first-order chi connectivity index (χ1) is 27.2. The average Bonchev–Trinajstić information content (AvgIpc) is 4.01. The Bertz CT molecular complexity index is 2130. The van der Waals surface area contributed by atoms with Crippen molar-refractivity contribution in [1.29, 1.82) is 5.41 Å². The van der Waals surface area contributed by atoms with E-state index in [4.69, 9.17) is 15.4 Å². The molecule has 0 amide bonds. The van der Waals surface area contributed by atoms with Gasteiger partial charge in [-0.25, -0.2) is 27.5 Å². The van der Waals surface area contributed by atoms with Gasteiger partial charge in [-0.15, -0.1) is 0 Å². The molecule has 1 radical (unpaired) electrons. The minimum Gasteiger partial charge on any atom is -0.396 e. The number of unbranched alkanes of at least 4 members (excludes halogenated alkanes) is 4. The molecule has 1 atom stereocenters. The zero-order valence-electron chi connectivity index (χ0n) is 34.3. The zero-order valence-corrected chi connectivity index (χ0v) is 34.3. The summed E-state index contributed by atoms with van der Waals surface area (Å²) in [6, 6.07) is 8.87. The van der Waals surface area contributed by atoms with Crippen LogP contribution < -0.4 is 10.8 Å². The van der Waals surface area contributed by atoms with Gasteiger partial charge in [0.25, 0.3) is 13.0 Å². The minimum absolute atomic E-state index is 0.129. The van der Waals surface area contributed by atoms with Crippen LogP contribution in [0, 0.1) is 30.9 Å². The molecule has 2 heterocycles. The number of rotatable bonds is 16.